The number of carbonyl (C=O) groups excluding carboxylic acids is 1. The van der Waals surface area contributed by atoms with Crippen molar-refractivity contribution in [1.29, 1.82) is 0 Å². The molecule has 1 aromatic carbocycles. The van der Waals surface area contributed by atoms with Crippen LogP contribution in [-0.4, -0.2) is 18.5 Å². The molecule has 0 spiro atoms. The fraction of sp³-hybridized carbons (Fsp3) is 0.462. The maximum Gasteiger partial charge on any atom is 0.169 e. The zero-order valence-electron chi connectivity index (χ0n) is 9.13. The summed E-state index contributed by atoms with van der Waals surface area (Å²) in [5.41, 5.74) is 0.681. The van der Waals surface area contributed by atoms with Crippen LogP contribution in [0.5, 0.6) is 0 Å². The Labute approximate surface area is 99.6 Å². The summed E-state index contributed by atoms with van der Waals surface area (Å²) < 4.78 is 5.40. The molecule has 4 rings (SSSR count). The summed E-state index contributed by atoms with van der Waals surface area (Å²) in [6, 6.07) is 7.16. The van der Waals surface area contributed by atoms with E-state index in [0.717, 1.165) is 24.8 Å². The summed E-state index contributed by atoms with van der Waals surface area (Å²) in [5.74, 6) is 0.253. The predicted molar refractivity (Wildman–Crippen MR) is 61.8 cm³/mol. The molecule has 0 aromatic heterocycles. The maximum absolute atomic E-state index is 12.3. The van der Waals surface area contributed by atoms with Gasteiger partial charge in [0.05, 0.1) is 5.60 Å². The molecule has 2 nitrogen and oxygen atoms in total. The molecule has 3 heteroatoms. The molecule has 1 aromatic rings. The summed E-state index contributed by atoms with van der Waals surface area (Å²) >= 11 is 5.80. The fourth-order valence-corrected chi connectivity index (χ4v) is 3.19. The third-order valence-corrected chi connectivity index (χ3v) is 4.25. The van der Waals surface area contributed by atoms with Crippen molar-refractivity contribution in [1.82, 2.24) is 0 Å². The Balaban J connectivity index is 1.79. The Morgan fingerprint density at radius 2 is 1.81 bits per heavy atom. The first kappa shape index (κ1) is 10.3. The average molecular weight is 237 g/mol. The summed E-state index contributed by atoms with van der Waals surface area (Å²) in [5, 5.41) is 0.669. The number of ether oxygens (including phenoxy) is 1. The highest BCUT2D eigenvalue weighted by Gasteiger charge is 2.71. The second-order valence-corrected chi connectivity index (χ2v) is 5.47. The number of ketones is 1. The van der Waals surface area contributed by atoms with Crippen molar-refractivity contribution in [3.05, 3.63) is 34.9 Å². The molecule has 3 aliphatic carbocycles. The van der Waals surface area contributed by atoms with Crippen LogP contribution >= 0.6 is 11.6 Å². The first-order chi connectivity index (χ1) is 7.59. The highest BCUT2D eigenvalue weighted by molar-refractivity contribution is 6.30. The van der Waals surface area contributed by atoms with E-state index >= 15 is 0 Å². The Kier molecular flexibility index (Phi) is 1.99. The molecule has 84 valence electrons. The zero-order valence-corrected chi connectivity index (χ0v) is 9.88. The molecule has 3 fully saturated rings. The molecule has 0 heterocycles. The molecule has 3 aliphatic rings. The highest BCUT2D eigenvalue weighted by Crippen LogP contribution is 2.69. The van der Waals surface area contributed by atoms with Crippen LogP contribution in [0.1, 0.15) is 29.6 Å². The van der Waals surface area contributed by atoms with Gasteiger partial charge in [0.25, 0.3) is 0 Å². The third-order valence-electron chi connectivity index (χ3n) is 4.00. The van der Waals surface area contributed by atoms with Crippen LogP contribution in [0, 0.1) is 5.41 Å². The van der Waals surface area contributed by atoms with Crippen LogP contribution in [0.25, 0.3) is 0 Å². The van der Waals surface area contributed by atoms with Gasteiger partial charge in [0.1, 0.15) is 0 Å². The van der Waals surface area contributed by atoms with Crippen LogP contribution in [0.4, 0.5) is 0 Å². The highest BCUT2D eigenvalue weighted by atomic mass is 35.5. The summed E-state index contributed by atoms with van der Waals surface area (Å²) in [6.07, 6.45) is 2.66. The monoisotopic (exact) mass is 236 g/mol. The zero-order chi connectivity index (χ0) is 11.4. The number of carbonyl (C=O) groups is 1. The second kappa shape index (κ2) is 3.08. The molecule has 0 atom stereocenters. The van der Waals surface area contributed by atoms with E-state index in [1.165, 1.54) is 0 Å². The van der Waals surface area contributed by atoms with Gasteiger partial charge in [-0.1, -0.05) is 11.6 Å². The first-order valence-corrected chi connectivity index (χ1v) is 5.83. The lowest BCUT2D eigenvalue weighted by Crippen LogP contribution is -2.70. The lowest BCUT2D eigenvalue weighted by molar-refractivity contribution is -0.247. The van der Waals surface area contributed by atoms with Crippen molar-refractivity contribution in [2.75, 3.05) is 7.11 Å². The Morgan fingerprint density at radius 1 is 1.25 bits per heavy atom. The molecule has 0 saturated heterocycles. The number of benzene rings is 1. The minimum atomic E-state index is -0.121. The number of halogens is 1. The van der Waals surface area contributed by atoms with Crippen LogP contribution in [0.15, 0.2) is 24.3 Å². The van der Waals surface area contributed by atoms with E-state index in [1.807, 2.05) is 12.1 Å². The molecule has 0 aliphatic heterocycles. The molecule has 3 saturated carbocycles. The van der Waals surface area contributed by atoms with E-state index in [0.29, 0.717) is 5.02 Å². The van der Waals surface area contributed by atoms with E-state index in [4.69, 9.17) is 16.3 Å². The topological polar surface area (TPSA) is 26.3 Å². The van der Waals surface area contributed by atoms with Gasteiger partial charge in [-0.25, -0.2) is 0 Å². The van der Waals surface area contributed by atoms with Crippen LogP contribution in [-0.2, 0) is 4.74 Å². The van der Waals surface area contributed by atoms with Gasteiger partial charge in [-0.3, -0.25) is 4.79 Å². The van der Waals surface area contributed by atoms with E-state index in [9.17, 15) is 4.79 Å². The van der Waals surface area contributed by atoms with E-state index in [1.54, 1.807) is 19.2 Å². The minimum absolute atomic E-state index is 0.0298. The maximum atomic E-state index is 12.3. The SMILES string of the molecule is COC12CC(C(=O)c3ccc(Cl)cc3)(C1)C2. The number of hydrogen-bond donors (Lipinski definition) is 0. The van der Waals surface area contributed by atoms with Gasteiger partial charge in [-0.05, 0) is 43.5 Å². The molecular weight excluding hydrogens is 224 g/mol. The van der Waals surface area contributed by atoms with Crippen molar-refractivity contribution < 1.29 is 9.53 Å². The first-order valence-electron chi connectivity index (χ1n) is 5.45. The van der Waals surface area contributed by atoms with Gasteiger partial charge >= 0.3 is 0 Å². The minimum Gasteiger partial charge on any atom is -0.378 e. The number of hydrogen-bond acceptors (Lipinski definition) is 2. The van der Waals surface area contributed by atoms with Gasteiger partial charge < -0.3 is 4.74 Å². The van der Waals surface area contributed by atoms with Crippen molar-refractivity contribution in [2.45, 2.75) is 24.9 Å². The van der Waals surface area contributed by atoms with Crippen molar-refractivity contribution >= 4 is 17.4 Å². The molecule has 0 N–H and O–H groups in total. The van der Waals surface area contributed by atoms with Crippen molar-refractivity contribution in [3.63, 3.8) is 0 Å². The Bertz CT molecular complexity index is 430. The normalized spacial score (nSPS) is 35.1. The van der Waals surface area contributed by atoms with Crippen LogP contribution < -0.4 is 0 Å². The number of rotatable bonds is 3. The molecular formula is C13H13ClO2. The quantitative estimate of drug-likeness (QED) is 0.754. The largest absolute Gasteiger partial charge is 0.378 e. The second-order valence-electron chi connectivity index (χ2n) is 5.03. The Hall–Kier alpha value is -0.860. The van der Waals surface area contributed by atoms with E-state index in [2.05, 4.69) is 0 Å². The average Bonchev–Trinajstić information content (AvgIpc) is 2.15. The molecule has 16 heavy (non-hydrogen) atoms. The van der Waals surface area contributed by atoms with Crippen LogP contribution in [0.3, 0.4) is 0 Å². The molecule has 0 unspecified atom stereocenters. The van der Waals surface area contributed by atoms with Gasteiger partial charge in [0, 0.05) is 23.1 Å². The number of methoxy groups -OCH3 is 1. The van der Waals surface area contributed by atoms with Gasteiger partial charge in [-0.2, -0.15) is 0 Å². The van der Waals surface area contributed by atoms with Crippen molar-refractivity contribution in [3.8, 4) is 0 Å². The lowest BCUT2D eigenvalue weighted by Gasteiger charge is -2.68. The molecule has 0 amide bonds. The van der Waals surface area contributed by atoms with Gasteiger partial charge in [0.15, 0.2) is 5.78 Å². The van der Waals surface area contributed by atoms with E-state index < -0.39 is 0 Å². The summed E-state index contributed by atoms with van der Waals surface area (Å²) in [7, 11) is 1.73. The fourth-order valence-electron chi connectivity index (χ4n) is 3.06. The Morgan fingerprint density at radius 3 is 2.31 bits per heavy atom. The van der Waals surface area contributed by atoms with Gasteiger partial charge in [-0.15, -0.1) is 0 Å². The summed E-state index contributed by atoms with van der Waals surface area (Å²) in [4.78, 5) is 12.3. The van der Waals surface area contributed by atoms with Crippen molar-refractivity contribution in [2.24, 2.45) is 5.41 Å². The summed E-state index contributed by atoms with van der Waals surface area (Å²) in [6.45, 7) is 0. The van der Waals surface area contributed by atoms with Crippen LogP contribution in [0.2, 0.25) is 5.02 Å². The molecule has 2 bridgehead atoms. The van der Waals surface area contributed by atoms with Gasteiger partial charge in [0.2, 0.25) is 0 Å². The predicted octanol–water partition coefficient (Wildman–Crippen LogP) is 3.09. The third kappa shape index (κ3) is 1.20. The smallest absolute Gasteiger partial charge is 0.169 e. The standard InChI is InChI=1S/C13H13ClO2/c1-16-13-6-12(7-13,8-13)11(15)9-2-4-10(14)5-3-9/h2-5H,6-8H2,1H3. The number of Topliss-reactive ketones (excluding diaryl/α,β-unsaturated/α-hetero) is 1. The molecule has 0 radical (unpaired) electrons. The lowest BCUT2D eigenvalue weighted by atomic mass is 9.39. The van der Waals surface area contributed by atoms with E-state index in [-0.39, 0.29) is 16.8 Å².